The summed E-state index contributed by atoms with van der Waals surface area (Å²) in [5, 5.41) is 7.45. The number of amides is 2. The molecule has 2 fully saturated rings. The lowest BCUT2D eigenvalue weighted by Gasteiger charge is -2.14. The van der Waals surface area contributed by atoms with Crippen molar-refractivity contribution in [1.82, 2.24) is 20.0 Å². The average molecular weight is 262 g/mol. The predicted octanol–water partition coefficient (Wildman–Crippen LogP) is -0.158. The van der Waals surface area contributed by atoms with Crippen LogP contribution in [0.2, 0.25) is 0 Å². The first kappa shape index (κ1) is 12.3. The molecular formula is C13H18N4O2. The van der Waals surface area contributed by atoms with Crippen molar-refractivity contribution in [2.24, 2.45) is 7.05 Å². The number of aryl methyl sites for hydroxylation is 1. The average Bonchev–Trinajstić information content (AvgIpc) is 3.04. The molecule has 1 aromatic heterocycles. The smallest absolute Gasteiger partial charge is 0.247 e. The second-order valence-electron chi connectivity index (χ2n) is 5.27. The van der Waals surface area contributed by atoms with Gasteiger partial charge in [-0.05, 0) is 18.9 Å². The van der Waals surface area contributed by atoms with Crippen LogP contribution in [-0.2, 0) is 23.1 Å². The van der Waals surface area contributed by atoms with E-state index in [4.69, 9.17) is 0 Å². The number of nitrogens with one attached hydrogen (secondary N) is 1. The van der Waals surface area contributed by atoms with Crippen LogP contribution in [0.3, 0.4) is 0 Å². The molecule has 1 unspecified atom stereocenters. The van der Waals surface area contributed by atoms with Crippen molar-refractivity contribution in [3.05, 3.63) is 18.0 Å². The van der Waals surface area contributed by atoms with Crippen LogP contribution in [0.5, 0.6) is 0 Å². The molecule has 1 aliphatic carbocycles. The van der Waals surface area contributed by atoms with Gasteiger partial charge in [-0.3, -0.25) is 19.2 Å². The third-order valence-corrected chi connectivity index (χ3v) is 3.64. The number of aromatic nitrogens is 2. The summed E-state index contributed by atoms with van der Waals surface area (Å²) in [5.41, 5.74) is 0.992. The van der Waals surface area contributed by atoms with E-state index in [1.165, 1.54) is 4.90 Å². The lowest BCUT2D eigenvalue weighted by Crippen LogP contribution is -2.40. The Morgan fingerprint density at radius 2 is 2.21 bits per heavy atom. The Balaban J connectivity index is 1.50. The number of imide groups is 1. The summed E-state index contributed by atoms with van der Waals surface area (Å²) in [7, 11) is 1.88. The highest BCUT2D eigenvalue weighted by Gasteiger charge is 2.45. The van der Waals surface area contributed by atoms with Crippen molar-refractivity contribution in [3.63, 3.8) is 0 Å². The van der Waals surface area contributed by atoms with E-state index in [9.17, 15) is 9.59 Å². The van der Waals surface area contributed by atoms with Gasteiger partial charge >= 0.3 is 0 Å². The van der Waals surface area contributed by atoms with Crippen LogP contribution in [0.4, 0.5) is 0 Å². The van der Waals surface area contributed by atoms with Gasteiger partial charge in [-0.1, -0.05) is 0 Å². The van der Waals surface area contributed by atoms with Gasteiger partial charge in [-0.25, -0.2) is 0 Å². The first-order valence-corrected chi connectivity index (χ1v) is 6.73. The Bertz CT molecular complexity index is 506. The van der Waals surface area contributed by atoms with Crippen LogP contribution in [0, 0.1) is 0 Å². The highest BCUT2D eigenvalue weighted by atomic mass is 16.2. The standard InChI is InChI=1S/C13H18N4O2/c1-16-7-5-9(15-16)4-6-14-11-8-12(18)17(13(11)19)10-2-3-10/h5,7,10-11,14H,2-4,6,8H2,1H3. The fourth-order valence-electron chi connectivity index (χ4n) is 2.50. The van der Waals surface area contributed by atoms with Crippen molar-refractivity contribution in [2.75, 3.05) is 6.54 Å². The molecule has 1 saturated heterocycles. The van der Waals surface area contributed by atoms with Crippen LogP contribution in [0.25, 0.3) is 0 Å². The summed E-state index contributed by atoms with van der Waals surface area (Å²) in [6.45, 7) is 0.666. The van der Waals surface area contributed by atoms with Crippen molar-refractivity contribution >= 4 is 11.8 Å². The fraction of sp³-hybridized carbons (Fsp3) is 0.615. The molecule has 1 aromatic rings. The molecule has 0 radical (unpaired) electrons. The SMILES string of the molecule is Cn1ccc(CCNC2CC(=O)N(C3CC3)C2=O)n1. The Kier molecular flexibility index (Phi) is 3.10. The predicted molar refractivity (Wildman–Crippen MR) is 68.2 cm³/mol. The van der Waals surface area contributed by atoms with Crippen molar-refractivity contribution in [3.8, 4) is 0 Å². The molecule has 2 aliphatic rings. The van der Waals surface area contributed by atoms with E-state index in [1.807, 2.05) is 19.3 Å². The Hall–Kier alpha value is -1.69. The van der Waals surface area contributed by atoms with Crippen molar-refractivity contribution in [2.45, 2.75) is 37.8 Å². The van der Waals surface area contributed by atoms with E-state index in [0.717, 1.165) is 25.0 Å². The van der Waals surface area contributed by atoms with Gasteiger partial charge < -0.3 is 5.32 Å². The van der Waals surface area contributed by atoms with Gasteiger partial charge in [0.05, 0.1) is 18.2 Å². The molecule has 0 bridgehead atoms. The maximum Gasteiger partial charge on any atom is 0.247 e. The first-order chi connectivity index (χ1) is 9.15. The largest absolute Gasteiger partial charge is 0.305 e. The van der Waals surface area contributed by atoms with Crippen LogP contribution >= 0.6 is 0 Å². The van der Waals surface area contributed by atoms with E-state index in [-0.39, 0.29) is 23.9 Å². The van der Waals surface area contributed by atoms with E-state index >= 15 is 0 Å². The molecule has 19 heavy (non-hydrogen) atoms. The molecule has 1 saturated carbocycles. The summed E-state index contributed by atoms with van der Waals surface area (Å²) in [4.78, 5) is 25.3. The molecule has 3 rings (SSSR count). The van der Waals surface area contributed by atoms with Gasteiger partial charge in [0.15, 0.2) is 0 Å². The Morgan fingerprint density at radius 1 is 1.42 bits per heavy atom. The molecule has 0 spiro atoms. The minimum absolute atomic E-state index is 0.0252. The maximum atomic E-state index is 12.1. The van der Waals surface area contributed by atoms with Crippen molar-refractivity contribution < 1.29 is 9.59 Å². The lowest BCUT2D eigenvalue weighted by molar-refractivity contribution is -0.139. The van der Waals surface area contributed by atoms with Crippen LogP contribution in [0.1, 0.15) is 25.0 Å². The summed E-state index contributed by atoms with van der Waals surface area (Å²) >= 11 is 0. The van der Waals surface area contributed by atoms with E-state index in [1.54, 1.807) is 4.68 Å². The summed E-state index contributed by atoms with van der Waals surface area (Å²) < 4.78 is 1.76. The minimum Gasteiger partial charge on any atom is -0.305 e. The number of likely N-dealkylation sites (tertiary alicyclic amines) is 1. The minimum atomic E-state index is -0.336. The monoisotopic (exact) mass is 262 g/mol. The molecule has 0 aromatic carbocycles. The number of hydrogen-bond donors (Lipinski definition) is 1. The third kappa shape index (κ3) is 2.53. The summed E-state index contributed by atoms with van der Waals surface area (Å²) in [6.07, 6.45) is 4.91. The zero-order valence-electron chi connectivity index (χ0n) is 11.0. The fourth-order valence-corrected chi connectivity index (χ4v) is 2.50. The highest BCUT2D eigenvalue weighted by molar-refractivity contribution is 6.06. The van der Waals surface area contributed by atoms with Gasteiger partial charge in [0.2, 0.25) is 11.8 Å². The molecule has 102 valence electrons. The number of carbonyl (C=O) groups excluding carboxylic acids is 2. The van der Waals surface area contributed by atoms with Gasteiger partial charge in [0, 0.05) is 32.3 Å². The lowest BCUT2D eigenvalue weighted by atomic mass is 10.2. The Labute approximate surface area is 111 Å². The molecule has 2 heterocycles. The molecule has 6 nitrogen and oxygen atoms in total. The molecule has 2 amide bonds. The maximum absolute atomic E-state index is 12.1. The molecular weight excluding hydrogens is 244 g/mol. The number of rotatable bonds is 5. The molecule has 1 N–H and O–H groups in total. The molecule has 1 aliphatic heterocycles. The highest BCUT2D eigenvalue weighted by Crippen LogP contribution is 2.31. The zero-order valence-corrected chi connectivity index (χ0v) is 11.0. The van der Waals surface area contributed by atoms with Crippen LogP contribution in [0.15, 0.2) is 12.3 Å². The number of nitrogens with zero attached hydrogens (tertiary/aromatic N) is 3. The quantitative estimate of drug-likeness (QED) is 0.749. The van der Waals surface area contributed by atoms with Gasteiger partial charge in [0.1, 0.15) is 0 Å². The Morgan fingerprint density at radius 3 is 2.84 bits per heavy atom. The van der Waals surface area contributed by atoms with Crippen LogP contribution < -0.4 is 5.32 Å². The molecule has 1 atom stereocenters. The third-order valence-electron chi connectivity index (χ3n) is 3.64. The summed E-state index contributed by atoms with van der Waals surface area (Å²) in [5.74, 6) is -0.0728. The van der Waals surface area contributed by atoms with Gasteiger partial charge in [0.25, 0.3) is 0 Å². The second-order valence-corrected chi connectivity index (χ2v) is 5.27. The number of carbonyl (C=O) groups is 2. The molecule has 6 heteroatoms. The van der Waals surface area contributed by atoms with Crippen molar-refractivity contribution in [1.29, 1.82) is 0 Å². The normalized spacial score (nSPS) is 23.4. The second kappa shape index (κ2) is 4.77. The first-order valence-electron chi connectivity index (χ1n) is 6.73. The zero-order chi connectivity index (χ0) is 13.4. The number of hydrogen-bond acceptors (Lipinski definition) is 4. The van der Waals surface area contributed by atoms with E-state index in [2.05, 4.69) is 10.4 Å². The summed E-state index contributed by atoms with van der Waals surface area (Å²) in [6, 6.07) is 1.80. The topological polar surface area (TPSA) is 67.2 Å². The van der Waals surface area contributed by atoms with E-state index in [0.29, 0.717) is 13.0 Å². The van der Waals surface area contributed by atoms with Gasteiger partial charge in [-0.2, -0.15) is 5.10 Å². The van der Waals surface area contributed by atoms with Gasteiger partial charge in [-0.15, -0.1) is 0 Å². The van der Waals surface area contributed by atoms with E-state index < -0.39 is 0 Å². The van der Waals surface area contributed by atoms with Crippen LogP contribution in [-0.4, -0.2) is 45.1 Å².